The predicted octanol–water partition coefficient (Wildman–Crippen LogP) is -6.18. The Balaban J connectivity index is 0.00000220. The Morgan fingerprint density at radius 3 is 1.86 bits per heavy atom. The summed E-state index contributed by atoms with van der Waals surface area (Å²) >= 11 is 0. The number of hydrogen-bond acceptors (Lipinski definition) is 8. The number of fused-ring (bicyclic) bond motifs is 1. The molecule has 0 aliphatic rings. The van der Waals surface area contributed by atoms with Crippen LogP contribution in [0.2, 0.25) is 0 Å². The summed E-state index contributed by atoms with van der Waals surface area (Å²) < 4.78 is 66.0. The minimum atomic E-state index is -4.87. The Hall–Kier alpha value is 0.120. The number of nitrogen functional groups attached to an aromatic ring is 2. The third-order valence-corrected chi connectivity index (χ3v) is 4.46. The maximum Gasteiger partial charge on any atom is 1.00 e. The second-order valence-electron chi connectivity index (χ2n) is 4.00. The Morgan fingerprint density at radius 1 is 0.864 bits per heavy atom. The van der Waals surface area contributed by atoms with Crippen molar-refractivity contribution >= 4 is 42.4 Å². The third-order valence-electron chi connectivity index (χ3n) is 2.67. The van der Waals surface area contributed by atoms with E-state index < -0.39 is 35.7 Å². The second-order valence-corrected chi connectivity index (χ2v) is 6.70. The van der Waals surface area contributed by atoms with E-state index in [4.69, 9.17) is 11.5 Å². The number of anilines is 2. The molecule has 108 valence electrons. The second kappa shape index (κ2) is 7.34. The number of rotatable bonds is 2. The molecule has 12 heteroatoms. The van der Waals surface area contributed by atoms with Gasteiger partial charge in [-0.05, 0) is 23.6 Å². The predicted molar refractivity (Wildman–Crippen MR) is 68.7 cm³/mol. The van der Waals surface area contributed by atoms with Crippen molar-refractivity contribution in [3.63, 3.8) is 0 Å². The van der Waals surface area contributed by atoms with E-state index in [0.717, 1.165) is 24.3 Å². The Labute approximate surface area is 171 Å². The molecule has 0 radical (unpaired) electrons. The fourth-order valence-electron chi connectivity index (χ4n) is 1.85. The molecule has 2 aromatic carbocycles. The van der Waals surface area contributed by atoms with Gasteiger partial charge in [-0.1, -0.05) is 6.07 Å². The summed E-state index contributed by atoms with van der Waals surface area (Å²) in [5.74, 6) is 0. The quantitative estimate of drug-likeness (QED) is 0.302. The van der Waals surface area contributed by atoms with Crippen LogP contribution in [0.25, 0.3) is 10.8 Å². The van der Waals surface area contributed by atoms with Crippen LogP contribution in [0.3, 0.4) is 0 Å². The third kappa shape index (κ3) is 4.35. The molecule has 4 N–H and O–H groups in total. The van der Waals surface area contributed by atoms with Gasteiger partial charge in [0.2, 0.25) is 0 Å². The van der Waals surface area contributed by atoms with Crippen LogP contribution < -0.4 is 70.6 Å². The standard InChI is InChI=1S/C10H10N2O6S2.2Na/c11-8-4-5-3-6(19(13,14)15)1-2-7(5)9(12)10(8)20(16,17)18;;/h1-4H,11-12H2,(H,13,14,15)(H,16,17,18);;/q;2*+1/p-2. The van der Waals surface area contributed by atoms with Gasteiger partial charge in [0.05, 0.1) is 16.3 Å². The van der Waals surface area contributed by atoms with Gasteiger partial charge in [-0.2, -0.15) is 0 Å². The molecule has 0 spiro atoms. The van der Waals surface area contributed by atoms with Gasteiger partial charge in [-0.3, -0.25) is 0 Å². The maximum absolute atomic E-state index is 11.1. The van der Waals surface area contributed by atoms with Crippen molar-refractivity contribution in [1.82, 2.24) is 0 Å². The smallest absolute Gasteiger partial charge is 0.744 e. The van der Waals surface area contributed by atoms with Gasteiger partial charge in [0.15, 0.2) is 0 Å². The molecule has 0 heterocycles. The van der Waals surface area contributed by atoms with Crippen LogP contribution in [0.15, 0.2) is 34.1 Å². The molecular weight excluding hydrogens is 354 g/mol. The zero-order valence-electron chi connectivity index (χ0n) is 11.7. The molecule has 2 rings (SSSR count). The molecule has 0 saturated carbocycles. The first-order valence-corrected chi connectivity index (χ1v) is 7.87. The van der Waals surface area contributed by atoms with Crippen LogP contribution >= 0.6 is 0 Å². The molecular formula is C10H8N2Na2O6S2. The van der Waals surface area contributed by atoms with E-state index in [2.05, 4.69) is 0 Å². The molecule has 0 aliphatic heterocycles. The molecule has 0 bridgehead atoms. The van der Waals surface area contributed by atoms with Gasteiger partial charge < -0.3 is 20.6 Å². The van der Waals surface area contributed by atoms with E-state index in [1.54, 1.807) is 0 Å². The van der Waals surface area contributed by atoms with Crippen LogP contribution in [-0.2, 0) is 20.2 Å². The number of nitrogens with two attached hydrogens (primary N) is 2. The number of hydrogen-bond donors (Lipinski definition) is 2. The van der Waals surface area contributed by atoms with Crippen molar-refractivity contribution in [2.75, 3.05) is 11.5 Å². The van der Waals surface area contributed by atoms with Crippen molar-refractivity contribution in [1.29, 1.82) is 0 Å². The van der Waals surface area contributed by atoms with E-state index >= 15 is 0 Å². The van der Waals surface area contributed by atoms with Crippen molar-refractivity contribution < 1.29 is 85.1 Å². The summed E-state index contributed by atoms with van der Waals surface area (Å²) in [4.78, 5) is -1.27. The fraction of sp³-hybridized carbons (Fsp3) is 0. The fourth-order valence-corrected chi connectivity index (χ4v) is 3.08. The van der Waals surface area contributed by atoms with Gasteiger partial charge in [0.25, 0.3) is 0 Å². The normalized spacial score (nSPS) is 11.5. The zero-order valence-corrected chi connectivity index (χ0v) is 17.4. The van der Waals surface area contributed by atoms with Crippen LogP contribution in [-0.4, -0.2) is 25.9 Å². The van der Waals surface area contributed by atoms with Crippen molar-refractivity contribution in [2.45, 2.75) is 9.79 Å². The van der Waals surface area contributed by atoms with Crippen molar-refractivity contribution in [2.24, 2.45) is 0 Å². The molecule has 0 aliphatic carbocycles. The minimum absolute atomic E-state index is 0. The minimum Gasteiger partial charge on any atom is -0.744 e. The van der Waals surface area contributed by atoms with Crippen LogP contribution in [0.5, 0.6) is 0 Å². The molecule has 0 saturated heterocycles. The average molecular weight is 362 g/mol. The Kier molecular flexibility index (Phi) is 7.38. The average Bonchev–Trinajstić information content (AvgIpc) is 2.24. The topological polar surface area (TPSA) is 166 Å². The Morgan fingerprint density at radius 2 is 1.41 bits per heavy atom. The van der Waals surface area contributed by atoms with Crippen LogP contribution in [0.4, 0.5) is 11.4 Å². The van der Waals surface area contributed by atoms with E-state index in [1.165, 1.54) is 0 Å². The molecule has 0 amide bonds. The van der Waals surface area contributed by atoms with E-state index in [9.17, 15) is 25.9 Å². The molecule has 8 nitrogen and oxygen atoms in total. The van der Waals surface area contributed by atoms with Gasteiger partial charge in [0, 0.05) is 5.39 Å². The summed E-state index contributed by atoms with van der Waals surface area (Å²) in [6, 6.07) is 4.19. The Bertz CT molecular complexity index is 928. The summed E-state index contributed by atoms with van der Waals surface area (Å²) in [6.45, 7) is 0. The first kappa shape index (κ1) is 22.1. The molecule has 0 fully saturated rings. The first-order valence-electron chi connectivity index (χ1n) is 5.05. The molecule has 2 aromatic rings. The number of benzene rings is 2. The SMILES string of the molecule is Nc1cc2cc(S(=O)(=O)[O-])ccc2c(N)c1S(=O)(=O)[O-].[Na+].[Na+]. The maximum atomic E-state index is 11.1. The molecule has 22 heavy (non-hydrogen) atoms. The van der Waals surface area contributed by atoms with Gasteiger partial charge in [0.1, 0.15) is 25.1 Å². The molecule has 0 aromatic heterocycles. The molecule has 0 atom stereocenters. The summed E-state index contributed by atoms with van der Waals surface area (Å²) in [5, 5.41) is 0.255. The van der Waals surface area contributed by atoms with Gasteiger partial charge in [-0.25, -0.2) is 16.8 Å². The zero-order chi connectivity index (χ0) is 15.3. The van der Waals surface area contributed by atoms with Crippen molar-refractivity contribution in [3.05, 3.63) is 24.3 Å². The van der Waals surface area contributed by atoms with Gasteiger partial charge >= 0.3 is 59.1 Å². The van der Waals surface area contributed by atoms with E-state index in [1.807, 2.05) is 0 Å². The summed E-state index contributed by atoms with van der Waals surface area (Å²) in [7, 11) is -9.54. The van der Waals surface area contributed by atoms with Crippen molar-refractivity contribution in [3.8, 4) is 0 Å². The van der Waals surface area contributed by atoms with E-state index in [0.29, 0.717) is 0 Å². The summed E-state index contributed by atoms with van der Waals surface area (Å²) in [5.41, 5.74) is 10.2. The first-order chi connectivity index (χ1) is 9.01. The largest absolute Gasteiger partial charge is 1.00 e. The van der Waals surface area contributed by atoms with Crippen LogP contribution in [0, 0.1) is 0 Å². The summed E-state index contributed by atoms with van der Waals surface area (Å²) in [6.07, 6.45) is 0. The monoisotopic (exact) mass is 362 g/mol. The van der Waals surface area contributed by atoms with Gasteiger partial charge in [-0.15, -0.1) is 0 Å². The molecule has 0 unspecified atom stereocenters. The van der Waals surface area contributed by atoms with E-state index in [-0.39, 0.29) is 75.6 Å². The van der Waals surface area contributed by atoms with Crippen LogP contribution in [0.1, 0.15) is 0 Å².